The Morgan fingerprint density at radius 2 is 1.72 bits per heavy atom. The van der Waals surface area contributed by atoms with Gasteiger partial charge in [-0.2, -0.15) is 0 Å². The average molecular weight is 261 g/mol. The molecule has 0 aromatic carbocycles. The maximum atomic E-state index is 10.9. The van der Waals surface area contributed by atoms with Crippen LogP contribution in [0, 0.1) is 0 Å². The molecule has 0 aliphatic rings. The predicted molar refractivity (Wildman–Crippen MR) is 66.5 cm³/mol. The fourth-order valence-corrected chi connectivity index (χ4v) is 1.12. The van der Waals surface area contributed by atoms with Crippen molar-refractivity contribution in [1.29, 1.82) is 0 Å². The molecule has 4 N–H and O–H groups in total. The molecule has 0 aromatic heterocycles. The van der Waals surface area contributed by atoms with Gasteiger partial charge in [0.15, 0.2) is 0 Å². The molecule has 0 unspecified atom stereocenters. The predicted octanol–water partition coefficient (Wildman–Crippen LogP) is -0.684. The van der Waals surface area contributed by atoms with Crippen molar-refractivity contribution in [3.05, 3.63) is 0 Å². The number of hydrogen-bond acceptors (Lipinski definition) is 5. The van der Waals surface area contributed by atoms with E-state index in [0.29, 0.717) is 52.2 Å². The van der Waals surface area contributed by atoms with E-state index in [0.717, 1.165) is 0 Å². The summed E-state index contributed by atoms with van der Waals surface area (Å²) in [6.45, 7) is 4.25. The van der Waals surface area contributed by atoms with E-state index in [1.54, 1.807) is 6.92 Å². The van der Waals surface area contributed by atoms with Crippen LogP contribution >= 0.6 is 0 Å². The quantitative estimate of drug-likeness (QED) is 0.198. The van der Waals surface area contributed by atoms with Gasteiger partial charge in [0.25, 0.3) is 0 Å². The molecule has 18 heavy (non-hydrogen) atoms. The highest BCUT2D eigenvalue weighted by atomic mass is 16.5. The lowest BCUT2D eigenvalue weighted by Crippen LogP contribution is -2.29. The summed E-state index contributed by atoms with van der Waals surface area (Å²) in [5, 5.41) is 2.70. The van der Waals surface area contributed by atoms with Crippen LogP contribution in [0.2, 0.25) is 0 Å². The van der Waals surface area contributed by atoms with Gasteiger partial charge < -0.3 is 14.8 Å². The van der Waals surface area contributed by atoms with Gasteiger partial charge in [0.05, 0.1) is 19.8 Å². The van der Waals surface area contributed by atoms with Crippen molar-refractivity contribution < 1.29 is 19.1 Å². The molecule has 0 saturated carbocycles. The van der Waals surface area contributed by atoms with Gasteiger partial charge in [0.1, 0.15) is 0 Å². The molecule has 0 fully saturated rings. The number of hydrogen-bond donors (Lipinski definition) is 3. The van der Waals surface area contributed by atoms with Crippen LogP contribution in [-0.4, -0.2) is 44.8 Å². The van der Waals surface area contributed by atoms with Crippen LogP contribution in [0.25, 0.3) is 0 Å². The first kappa shape index (κ1) is 16.8. The zero-order valence-corrected chi connectivity index (χ0v) is 10.9. The fraction of sp³-hybridized carbons (Fsp3) is 0.818. The molecule has 106 valence electrons. The average Bonchev–Trinajstić information content (AvgIpc) is 2.40. The first-order chi connectivity index (χ1) is 8.70. The summed E-state index contributed by atoms with van der Waals surface area (Å²) >= 11 is 0. The van der Waals surface area contributed by atoms with Gasteiger partial charge in [-0.1, -0.05) is 6.92 Å². The fourth-order valence-electron chi connectivity index (χ4n) is 1.12. The van der Waals surface area contributed by atoms with E-state index in [9.17, 15) is 9.59 Å². The Morgan fingerprint density at radius 1 is 1.06 bits per heavy atom. The second-order valence-electron chi connectivity index (χ2n) is 3.60. The Kier molecular flexibility index (Phi) is 11.5. The Morgan fingerprint density at radius 3 is 2.33 bits per heavy atom. The van der Waals surface area contributed by atoms with Crippen LogP contribution in [0.15, 0.2) is 0 Å². The molecule has 0 saturated heterocycles. The summed E-state index contributed by atoms with van der Waals surface area (Å²) in [5.74, 6) is 4.75. The Bertz CT molecular complexity index is 212. The van der Waals surface area contributed by atoms with Crippen molar-refractivity contribution in [3.63, 3.8) is 0 Å². The first-order valence-electron chi connectivity index (χ1n) is 6.12. The third-order valence-electron chi connectivity index (χ3n) is 2.12. The van der Waals surface area contributed by atoms with Gasteiger partial charge in [-0.25, -0.2) is 5.84 Å². The standard InChI is InChI=1S/C11H23N3O4/c1-2-10(15)13-5-7-18-9-8-17-6-3-4-11(16)14-12/h2-9,12H2,1H3,(H,13,15)(H,14,16). The number of ether oxygens (including phenoxy) is 2. The Balaban J connectivity index is 3.07. The summed E-state index contributed by atoms with van der Waals surface area (Å²) in [5.41, 5.74) is 2.05. The highest BCUT2D eigenvalue weighted by Crippen LogP contribution is 1.89. The molecule has 0 spiro atoms. The van der Waals surface area contributed by atoms with Gasteiger partial charge in [-0.05, 0) is 6.42 Å². The third-order valence-corrected chi connectivity index (χ3v) is 2.12. The normalized spacial score (nSPS) is 10.1. The molecule has 0 aromatic rings. The largest absolute Gasteiger partial charge is 0.379 e. The van der Waals surface area contributed by atoms with Crippen LogP contribution in [0.3, 0.4) is 0 Å². The van der Waals surface area contributed by atoms with Crippen LogP contribution in [0.5, 0.6) is 0 Å². The smallest absolute Gasteiger partial charge is 0.233 e. The Hall–Kier alpha value is -1.18. The molecule has 0 aliphatic carbocycles. The van der Waals surface area contributed by atoms with E-state index in [-0.39, 0.29) is 11.8 Å². The number of carbonyl (C=O) groups is 2. The lowest BCUT2D eigenvalue weighted by molar-refractivity contribution is -0.122. The molecule has 0 aliphatic heterocycles. The minimum atomic E-state index is -0.193. The van der Waals surface area contributed by atoms with E-state index in [1.807, 2.05) is 0 Å². The highest BCUT2D eigenvalue weighted by molar-refractivity contribution is 5.75. The molecule has 0 radical (unpaired) electrons. The van der Waals surface area contributed by atoms with Crippen LogP contribution in [0.1, 0.15) is 26.2 Å². The lowest BCUT2D eigenvalue weighted by atomic mass is 10.3. The number of hydrazine groups is 1. The summed E-state index contributed by atoms with van der Waals surface area (Å²) in [7, 11) is 0. The van der Waals surface area contributed by atoms with Crippen molar-refractivity contribution in [1.82, 2.24) is 10.7 Å². The molecule has 7 heteroatoms. The van der Waals surface area contributed by atoms with E-state index >= 15 is 0 Å². The molecule has 0 atom stereocenters. The highest BCUT2D eigenvalue weighted by Gasteiger charge is 1.98. The summed E-state index contributed by atoms with van der Waals surface area (Å²) in [6.07, 6.45) is 1.48. The minimum absolute atomic E-state index is 0.0213. The lowest BCUT2D eigenvalue weighted by Gasteiger charge is -2.06. The summed E-state index contributed by atoms with van der Waals surface area (Å²) in [6, 6.07) is 0. The number of amides is 2. The van der Waals surface area contributed by atoms with E-state index in [1.165, 1.54) is 0 Å². The van der Waals surface area contributed by atoms with Crippen LogP contribution in [-0.2, 0) is 19.1 Å². The first-order valence-corrected chi connectivity index (χ1v) is 6.12. The second-order valence-corrected chi connectivity index (χ2v) is 3.60. The number of nitrogens with one attached hydrogen (secondary N) is 2. The second kappa shape index (κ2) is 12.3. The van der Waals surface area contributed by atoms with Gasteiger partial charge >= 0.3 is 0 Å². The molecule has 0 heterocycles. The number of nitrogens with two attached hydrogens (primary N) is 1. The van der Waals surface area contributed by atoms with Gasteiger partial charge in [0.2, 0.25) is 11.8 Å². The molecule has 7 nitrogen and oxygen atoms in total. The van der Waals surface area contributed by atoms with Crippen molar-refractivity contribution >= 4 is 11.8 Å². The van der Waals surface area contributed by atoms with Crippen molar-refractivity contribution in [2.75, 3.05) is 33.0 Å². The number of carbonyl (C=O) groups excluding carboxylic acids is 2. The van der Waals surface area contributed by atoms with Crippen LogP contribution < -0.4 is 16.6 Å². The monoisotopic (exact) mass is 261 g/mol. The zero-order valence-electron chi connectivity index (χ0n) is 10.9. The van der Waals surface area contributed by atoms with Gasteiger partial charge in [0, 0.05) is 26.0 Å². The third kappa shape index (κ3) is 11.3. The zero-order chi connectivity index (χ0) is 13.6. The van der Waals surface area contributed by atoms with Crippen LogP contribution in [0.4, 0.5) is 0 Å². The summed E-state index contributed by atoms with van der Waals surface area (Å²) in [4.78, 5) is 21.6. The molecule has 0 bridgehead atoms. The topological polar surface area (TPSA) is 103 Å². The van der Waals surface area contributed by atoms with Crippen molar-refractivity contribution in [2.45, 2.75) is 26.2 Å². The summed E-state index contributed by atoms with van der Waals surface area (Å²) < 4.78 is 10.5. The maximum Gasteiger partial charge on any atom is 0.233 e. The van der Waals surface area contributed by atoms with Crippen molar-refractivity contribution in [3.8, 4) is 0 Å². The van der Waals surface area contributed by atoms with Gasteiger partial charge in [-0.15, -0.1) is 0 Å². The van der Waals surface area contributed by atoms with E-state index in [2.05, 4.69) is 10.7 Å². The van der Waals surface area contributed by atoms with E-state index < -0.39 is 0 Å². The minimum Gasteiger partial charge on any atom is -0.379 e. The molecular formula is C11H23N3O4. The molecule has 0 rings (SSSR count). The Labute approximate surface area is 107 Å². The van der Waals surface area contributed by atoms with E-state index in [4.69, 9.17) is 15.3 Å². The molecular weight excluding hydrogens is 238 g/mol. The molecule has 2 amide bonds. The SMILES string of the molecule is CCC(=O)NCCOCCOCCCC(=O)NN. The van der Waals surface area contributed by atoms with Crippen molar-refractivity contribution in [2.24, 2.45) is 5.84 Å². The van der Waals surface area contributed by atoms with Gasteiger partial charge in [-0.3, -0.25) is 15.0 Å². The number of rotatable bonds is 11. The maximum absolute atomic E-state index is 10.9.